The average Bonchev–Trinajstić information content (AvgIpc) is 2.93. The lowest BCUT2D eigenvalue weighted by Gasteiger charge is -2.27. The highest BCUT2D eigenvalue weighted by atomic mass is 19.1. The first-order valence-corrected chi connectivity index (χ1v) is 10.2. The predicted molar refractivity (Wildman–Crippen MR) is 102 cm³/mol. The monoisotopic (exact) mass is 370 g/mol. The van der Waals surface area contributed by atoms with Crippen molar-refractivity contribution in [2.24, 2.45) is 0 Å². The Morgan fingerprint density at radius 2 is 1.93 bits per heavy atom. The van der Waals surface area contributed by atoms with Crippen LogP contribution in [-0.4, -0.2) is 20.9 Å². The molecule has 4 nitrogen and oxygen atoms in total. The maximum Gasteiger partial charge on any atom is 0.356 e. The number of aromatic nitrogens is 2. The summed E-state index contributed by atoms with van der Waals surface area (Å²) in [5.41, 5.74) is 3.25. The lowest BCUT2D eigenvalue weighted by atomic mass is 9.89. The molecule has 27 heavy (non-hydrogen) atoms. The quantitative estimate of drug-likeness (QED) is 0.745. The van der Waals surface area contributed by atoms with Gasteiger partial charge in [0.25, 0.3) is 0 Å². The second-order valence-electron chi connectivity index (χ2n) is 8.03. The van der Waals surface area contributed by atoms with Crippen LogP contribution in [0.1, 0.15) is 90.6 Å². The number of halogens is 1. The molecule has 1 fully saturated rings. The molecule has 0 aliphatic heterocycles. The van der Waals surface area contributed by atoms with E-state index in [1.807, 2.05) is 6.07 Å². The third kappa shape index (κ3) is 3.78. The van der Waals surface area contributed by atoms with E-state index < -0.39 is 5.97 Å². The normalized spacial score (nSPS) is 20.9. The summed E-state index contributed by atoms with van der Waals surface area (Å²) < 4.78 is 15.7. The number of benzene rings is 1. The summed E-state index contributed by atoms with van der Waals surface area (Å²) in [6.45, 7) is 0. The molecule has 0 amide bonds. The van der Waals surface area contributed by atoms with Gasteiger partial charge in [0.2, 0.25) is 0 Å². The molecule has 1 aromatic carbocycles. The zero-order chi connectivity index (χ0) is 18.8. The van der Waals surface area contributed by atoms with Crippen LogP contribution in [0.5, 0.6) is 0 Å². The lowest BCUT2D eigenvalue weighted by Crippen LogP contribution is -2.19. The van der Waals surface area contributed by atoms with Crippen molar-refractivity contribution in [2.75, 3.05) is 0 Å². The van der Waals surface area contributed by atoms with Gasteiger partial charge in [-0.2, -0.15) is 5.10 Å². The van der Waals surface area contributed by atoms with Crippen molar-refractivity contribution >= 4 is 5.97 Å². The Morgan fingerprint density at radius 3 is 2.67 bits per heavy atom. The van der Waals surface area contributed by atoms with Crippen LogP contribution in [0.3, 0.4) is 0 Å². The molecule has 0 saturated heterocycles. The average molecular weight is 370 g/mol. The van der Waals surface area contributed by atoms with Gasteiger partial charge in [-0.05, 0) is 56.2 Å². The van der Waals surface area contributed by atoms with Crippen LogP contribution in [0.25, 0.3) is 0 Å². The van der Waals surface area contributed by atoms with E-state index in [2.05, 4.69) is 9.78 Å². The second-order valence-corrected chi connectivity index (χ2v) is 8.03. The van der Waals surface area contributed by atoms with Crippen LogP contribution in [0, 0.1) is 5.82 Å². The Bertz CT molecular complexity index is 824. The molecule has 4 rings (SSSR count). The summed E-state index contributed by atoms with van der Waals surface area (Å²) in [7, 11) is 0. The molecule has 0 unspecified atom stereocenters. The second kappa shape index (κ2) is 7.83. The van der Waals surface area contributed by atoms with Gasteiger partial charge in [-0.15, -0.1) is 0 Å². The van der Waals surface area contributed by atoms with Crippen LogP contribution in [0.15, 0.2) is 24.3 Å². The molecular formula is C22H27FN2O2. The maximum atomic E-state index is 13.7. The largest absolute Gasteiger partial charge is 0.476 e. The molecule has 144 valence electrons. The molecule has 0 radical (unpaired) electrons. The van der Waals surface area contributed by atoms with Gasteiger partial charge in [0.05, 0.1) is 6.04 Å². The van der Waals surface area contributed by atoms with Crippen LogP contribution in [-0.2, 0) is 12.8 Å². The van der Waals surface area contributed by atoms with Crippen molar-refractivity contribution in [3.63, 3.8) is 0 Å². The SMILES string of the molecule is O=C(O)c1nn(C2CCCCC2)c2c1CCCC[C@@H]2Cc1cccc(F)c1. The number of hydrogen-bond acceptors (Lipinski definition) is 2. The fourth-order valence-electron chi connectivity index (χ4n) is 4.91. The van der Waals surface area contributed by atoms with Gasteiger partial charge in [-0.25, -0.2) is 9.18 Å². The number of hydrogen-bond donors (Lipinski definition) is 1. The molecule has 1 aromatic heterocycles. The molecule has 2 aliphatic carbocycles. The van der Waals surface area contributed by atoms with E-state index in [1.165, 1.54) is 25.3 Å². The summed E-state index contributed by atoms with van der Waals surface area (Å²) in [5.74, 6) is -0.938. The zero-order valence-electron chi connectivity index (χ0n) is 15.7. The number of nitrogens with zero attached hydrogens (tertiary/aromatic N) is 2. The van der Waals surface area contributed by atoms with Gasteiger partial charge < -0.3 is 5.11 Å². The maximum absolute atomic E-state index is 13.7. The van der Waals surface area contributed by atoms with Gasteiger partial charge in [0, 0.05) is 17.2 Å². The molecule has 1 heterocycles. The summed E-state index contributed by atoms with van der Waals surface area (Å²) in [4.78, 5) is 11.9. The number of carboxylic acids is 1. The summed E-state index contributed by atoms with van der Waals surface area (Å²) in [6, 6.07) is 7.09. The van der Waals surface area contributed by atoms with Crippen LogP contribution in [0.4, 0.5) is 4.39 Å². The first-order valence-electron chi connectivity index (χ1n) is 10.2. The molecule has 1 saturated carbocycles. The third-order valence-electron chi connectivity index (χ3n) is 6.16. The molecule has 0 bridgehead atoms. The van der Waals surface area contributed by atoms with Crippen molar-refractivity contribution in [1.82, 2.24) is 9.78 Å². The van der Waals surface area contributed by atoms with Crippen LogP contribution < -0.4 is 0 Å². The lowest BCUT2D eigenvalue weighted by molar-refractivity contribution is 0.0687. The van der Waals surface area contributed by atoms with Gasteiger partial charge in [0.15, 0.2) is 5.69 Å². The number of aromatic carboxylic acids is 1. The molecule has 0 spiro atoms. The zero-order valence-corrected chi connectivity index (χ0v) is 15.7. The topological polar surface area (TPSA) is 55.1 Å². The van der Waals surface area contributed by atoms with E-state index in [1.54, 1.807) is 12.1 Å². The Labute approximate surface area is 159 Å². The summed E-state index contributed by atoms with van der Waals surface area (Å²) >= 11 is 0. The Hall–Kier alpha value is -2.17. The number of rotatable bonds is 4. The molecule has 5 heteroatoms. The van der Waals surface area contributed by atoms with E-state index in [4.69, 9.17) is 0 Å². The first-order chi connectivity index (χ1) is 13.1. The standard InChI is InChI=1S/C22H27FN2O2/c23-17-9-6-7-15(14-17)13-16-8-4-5-12-19-20(22(26)27)24-25(21(16)19)18-10-2-1-3-11-18/h6-7,9,14,16,18H,1-5,8,10-13H2,(H,26,27)/t16-/m1/s1. The Morgan fingerprint density at radius 1 is 1.15 bits per heavy atom. The van der Waals surface area contributed by atoms with Gasteiger partial charge >= 0.3 is 5.97 Å². The van der Waals surface area contributed by atoms with E-state index in [0.29, 0.717) is 6.04 Å². The third-order valence-corrected chi connectivity index (χ3v) is 6.16. The molecular weight excluding hydrogens is 343 g/mol. The highest BCUT2D eigenvalue weighted by Crippen LogP contribution is 2.39. The van der Waals surface area contributed by atoms with Crippen molar-refractivity contribution in [1.29, 1.82) is 0 Å². The van der Waals surface area contributed by atoms with Gasteiger partial charge in [-0.1, -0.05) is 37.8 Å². The number of carbonyl (C=O) groups is 1. The van der Waals surface area contributed by atoms with Crippen molar-refractivity contribution in [3.8, 4) is 0 Å². The van der Waals surface area contributed by atoms with Crippen molar-refractivity contribution in [2.45, 2.75) is 76.2 Å². The predicted octanol–water partition coefficient (Wildman–Crippen LogP) is 5.28. The molecule has 2 aromatic rings. The first kappa shape index (κ1) is 18.2. The minimum absolute atomic E-state index is 0.201. The fraction of sp³-hybridized carbons (Fsp3) is 0.545. The van der Waals surface area contributed by atoms with Crippen LogP contribution >= 0.6 is 0 Å². The smallest absolute Gasteiger partial charge is 0.356 e. The number of carboxylic acid groups (broad SMARTS) is 1. The summed E-state index contributed by atoms with van der Waals surface area (Å²) in [5, 5.41) is 14.3. The molecule has 1 atom stereocenters. The Kier molecular flexibility index (Phi) is 5.28. The van der Waals surface area contributed by atoms with Crippen molar-refractivity contribution in [3.05, 3.63) is 52.6 Å². The fourth-order valence-corrected chi connectivity index (χ4v) is 4.91. The minimum atomic E-state index is -0.924. The van der Waals surface area contributed by atoms with E-state index in [9.17, 15) is 14.3 Å². The van der Waals surface area contributed by atoms with Gasteiger partial charge in [-0.3, -0.25) is 4.68 Å². The van der Waals surface area contributed by atoms with E-state index in [-0.39, 0.29) is 17.4 Å². The van der Waals surface area contributed by atoms with Gasteiger partial charge in [0.1, 0.15) is 5.82 Å². The van der Waals surface area contributed by atoms with Crippen LogP contribution in [0.2, 0.25) is 0 Å². The van der Waals surface area contributed by atoms with E-state index in [0.717, 1.165) is 61.8 Å². The summed E-state index contributed by atoms with van der Waals surface area (Å²) in [6.07, 6.45) is 10.3. The molecule has 2 aliphatic rings. The highest BCUT2D eigenvalue weighted by Gasteiger charge is 2.32. The molecule has 1 N–H and O–H groups in total. The minimum Gasteiger partial charge on any atom is -0.476 e. The van der Waals surface area contributed by atoms with Crippen molar-refractivity contribution < 1.29 is 14.3 Å². The Balaban J connectivity index is 1.76. The highest BCUT2D eigenvalue weighted by molar-refractivity contribution is 5.87. The van der Waals surface area contributed by atoms with E-state index >= 15 is 0 Å². The number of fused-ring (bicyclic) bond motifs is 1.